The third kappa shape index (κ3) is 4.68. The summed E-state index contributed by atoms with van der Waals surface area (Å²) >= 11 is 0. The van der Waals surface area contributed by atoms with Crippen molar-refractivity contribution in [2.45, 2.75) is 6.92 Å². The van der Waals surface area contributed by atoms with E-state index in [0.717, 1.165) is 41.5 Å². The highest BCUT2D eigenvalue weighted by atomic mass is 16.5. The van der Waals surface area contributed by atoms with E-state index in [0.29, 0.717) is 13.1 Å². The Kier molecular flexibility index (Phi) is 5.65. The molecule has 148 valence electrons. The zero-order valence-corrected chi connectivity index (χ0v) is 16.4. The van der Waals surface area contributed by atoms with Crippen LogP contribution in [0, 0.1) is 6.92 Å². The lowest BCUT2D eigenvalue weighted by molar-refractivity contribution is -0.133. The highest BCUT2D eigenvalue weighted by Crippen LogP contribution is 2.19. The SMILES string of the molecule is Cc1cccc(OCC(=O)N2CCN(c3ccc(-c4ccncc4)nn3)CC2)c1. The van der Waals surface area contributed by atoms with Crippen LogP contribution in [0.15, 0.2) is 60.9 Å². The van der Waals surface area contributed by atoms with E-state index in [9.17, 15) is 4.79 Å². The zero-order valence-electron chi connectivity index (χ0n) is 16.4. The number of anilines is 1. The fourth-order valence-corrected chi connectivity index (χ4v) is 3.30. The highest BCUT2D eigenvalue weighted by Gasteiger charge is 2.22. The Morgan fingerprint density at radius 3 is 2.48 bits per heavy atom. The highest BCUT2D eigenvalue weighted by molar-refractivity contribution is 5.78. The molecule has 0 atom stereocenters. The molecule has 7 heteroatoms. The van der Waals surface area contributed by atoms with Gasteiger partial charge in [0.15, 0.2) is 12.4 Å². The summed E-state index contributed by atoms with van der Waals surface area (Å²) in [5.74, 6) is 1.55. The van der Waals surface area contributed by atoms with Gasteiger partial charge in [-0.1, -0.05) is 12.1 Å². The Labute approximate surface area is 170 Å². The monoisotopic (exact) mass is 389 g/mol. The van der Waals surface area contributed by atoms with Crippen LogP contribution in [-0.4, -0.2) is 58.8 Å². The number of amides is 1. The number of aryl methyl sites for hydroxylation is 1. The van der Waals surface area contributed by atoms with Crippen LogP contribution in [0.25, 0.3) is 11.3 Å². The summed E-state index contributed by atoms with van der Waals surface area (Å²) in [7, 11) is 0. The molecule has 1 aromatic carbocycles. The number of carbonyl (C=O) groups excluding carboxylic acids is 1. The van der Waals surface area contributed by atoms with Gasteiger partial charge in [0, 0.05) is 44.1 Å². The van der Waals surface area contributed by atoms with E-state index in [4.69, 9.17) is 4.74 Å². The van der Waals surface area contributed by atoms with Gasteiger partial charge in [-0.05, 0) is 48.9 Å². The van der Waals surface area contributed by atoms with E-state index >= 15 is 0 Å². The lowest BCUT2D eigenvalue weighted by atomic mass is 10.2. The third-order valence-corrected chi connectivity index (χ3v) is 4.93. The molecule has 1 aliphatic heterocycles. The molecule has 0 saturated carbocycles. The summed E-state index contributed by atoms with van der Waals surface area (Å²) in [6, 6.07) is 15.5. The van der Waals surface area contributed by atoms with E-state index in [1.54, 1.807) is 12.4 Å². The van der Waals surface area contributed by atoms with Crippen molar-refractivity contribution in [1.29, 1.82) is 0 Å². The van der Waals surface area contributed by atoms with Crippen molar-refractivity contribution in [3.63, 3.8) is 0 Å². The molecule has 0 spiro atoms. The molecule has 4 rings (SSSR count). The summed E-state index contributed by atoms with van der Waals surface area (Å²) in [5.41, 5.74) is 2.92. The molecule has 7 nitrogen and oxygen atoms in total. The Morgan fingerprint density at radius 2 is 1.79 bits per heavy atom. The predicted molar refractivity (Wildman–Crippen MR) is 111 cm³/mol. The topological polar surface area (TPSA) is 71.5 Å². The van der Waals surface area contributed by atoms with Crippen LogP contribution in [0.5, 0.6) is 5.75 Å². The number of piperazine rings is 1. The minimum absolute atomic E-state index is 0.00488. The third-order valence-electron chi connectivity index (χ3n) is 4.93. The van der Waals surface area contributed by atoms with Gasteiger partial charge in [0.2, 0.25) is 0 Å². The number of ether oxygens (including phenoxy) is 1. The summed E-state index contributed by atoms with van der Waals surface area (Å²) in [5, 5.41) is 8.69. The van der Waals surface area contributed by atoms with Crippen LogP contribution >= 0.6 is 0 Å². The van der Waals surface area contributed by atoms with Crippen LogP contribution in [0.1, 0.15) is 5.56 Å². The average Bonchev–Trinajstić information content (AvgIpc) is 2.78. The Morgan fingerprint density at radius 1 is 1.00 bits per heavy atom. The maximum atomic E-state index is 12.5. The van der Waals surface area contributed by atoms with Gasteiger partial charge in [-0.15, -0.1) is 10.2 Å². The molecule has 3 aromatic rings. The first-order valence-electron chi connectivity index (χ1n) is 9.65. The molecule has 29 heavy (non-hydrogen) atoms. The maximum absolute atomic E-state index is 12.5. The van der Waals surface area contributed by atoms with Crippen molar-refractivity contribution in [2.75, 3.05) is 37.7 Å². The molecule has 0 radical (unpaired) electrons. The molecule has 1 fully saturated rings. The summed E-state index contributed by atoms with van der Waals surface area (Å²) < 4.78 is 5.64. The lowest BCUT2D eigenvalue weighted by Gasteiger charge is -2.35. The van der Waals surface area contributed by atoms with E-state index in [1.165, 1.54) is 0 Å². The quantitative estimate of drug-likeness (QED) is 0.668. The number of hydrogen-bond donors (Lipinski definition) is 0. The summed E-state index contributed by atoms with van der Waals surface area (Å²) in [4.78, 5) is 20.5. The van der Waals surface area contributed by atoms with Gasteiger partial charge in [-0.25, -0.2) is 0 Å². The Balaban J connectivity index is 1.29. The van der Waals surface area contributed by atoms with Crippen molar-refractivity contribution in [3.05, 3.63) is 66.5 Å². The number of pyridine rings is 1. The van der Waals surface area contributed by atoms with Gasteiger partial charge in [-0.3, -0.25) is 9.78 Å². The van der Waals surface area contributed by atoms with Crippen molar-refractivity contribution < 1.29 is 9.53 Å². The number of aromatic nitrogens is 3. The predicted octanol–water partition coefficient (Wildman–Crippen LogP) is 2.57. The van der Waals surface area contributed by atoms with Crippen LogP contribution < -0.4 is 9.64 Å². The fraction of sp³-hybridized carbons (Fsp3) is 0.273. The second-order valence-corrected chi connectivity index (χ2v) is 6.99. The van der Waals surface area contributed by atoms with Crippen molar-refractivity contribution in [1.82, 2.24) is 20.1 Å². The van der Waals surface area contributed by atoms with Crippen molar-refractivity contribution >= 4 is 11.7 Å². The van der Waals surface area contributed by atoms with Crippen molar-refractivity contribution in [3.8, 4) is 17.0 Å². The molecule has 2 aromatic heterocycles. The van der Waals surface area contributed by atoms with Crippen LogP contribution in [0.3, 0.4) is 0 Å². The molecule has 0 N–H and O–H groups in total. The van der Waals surface area contributed by atoms with Gasteiger partial charge >= 0.3 is 0 Å². The Hall–Kier alpha value is -3.48. The number of nitrogens with zero attached hydrogens (tertiary/aromatic N) is 5. The normalized spacial score (nSPS) is 14.0. The number of carbonyl (C=O) groups is 1. The van der Waals surface area contributed by atoms with Gasteiger partial charge in [0.25, 0.3) is 5.91 Å². The molecule has 1 amide bonds. The average molecular weight is 389 g/mol. The van der Waals surface area contributed by atoms with Crippen LogP contribution in [0.4, 0.5) is 5.82 Å². The largest absolute Gasteiger partial charge is 0.484 e. The van der Waals surface area contributed by atoms with Gasteiger partial charge in [0.05, 0.1) is 5.69 Å². The maximum Gasteiger partial charge on any atom is 0.260 e. The van der Waals surface area contributed by atoms with Gasteiger partial charge in [-0.2, -0.15) is 0 Å². The smallest absolute Gasteiger partial charge is 0.260 e. The van der Waals surface area contributed by atoms with Gasteiger partial charge < -0.3 is 14.5 Å². The molecule has 0 aliphatic carbocycles. The minimum atomic E-state index is 0.00488. The molecule has 1 aliphatic rings. The summed E-state index contributed by atoms with van der Waals surface area (Å²) in [6.07, 6.45) is 3.48. The van der Waals surface area contributed by atoms with Crippen LogP contribution in [0.2, 0.25) is 0 Å². The lowest BCUT2D eigenvalue weighted by Crippen LogP contribution is -2.50. The first kappa shape index (κ1) is 18.9. The van der Waals surface area contributed by atoms with Gasteiger partial charge in [0.1, 0.15) is 5.75 Å². The second-order valence-electron chi connectivity index (χ2n) is 6.99. The summed E-state index contributed by atoms with van der Waals surface area (Å²) in [6.45, 7) is 4.79. The second kappa shape index (κ2) is 8.68. The standard InChI is InChI=1S/C22H23N5O2/c1-17-3-2-4-19(15-17)29-16-22(28)27-13-11-26(12-14-27)21-6-5-20(24-25-21)18-7-9-23-10-8-18/h2-10,15H,11-14,16H2,1H3. The Bertz CT molecular complexity index is 954. The first-order valence-corrected chi connectivity index (χ1v) is 9.65. The number of hydrogen-bond acceptors (Lipinski definition) is 6. The van der Waals surface area contributed by atoms with Crippen molar-refractivity contribution in [2.24, 2.45) is 0 Å². The fourth-order valence-electron chi connectivity index (χ4n) is 3.30. The molecule has 0 bridgehead atoms. The van der Waals surface area contributed by atoms with E-state index < -0.39 is 0 Å². The number of benzene rings is 1. The first-order chi connectivity index (χ1) is 14.2. The minimum Gasteiger partial charge on any atom is -0.484 e. The van der Waals surface area contributed by atoms with E-state index in [2.05, 4.69) is 20.1 Å². The molecule has 1 saturated heterocycles. The van der Waals surface area contributed by atoms with E-state index in [-0.39, 0.29) is 12.5 Å². The van der Waals surface area contributed by atoms with Crippen LogP contribution in [-0.2, 0) is 4.79 Å². The zero-order chi connectivity index (χ0) is 20.1. The molecule has 3 heterocycles. The molecular weight excluding hydrogens is 366 g/mol. The molecular formula is C22H23N5O2. The molecule has 0 unspecified atom stereocenters. The van der Waals surface area contributed by atoms with E-state index in [1.807, 2.05) is 60.4 Å². The number of rotatable bonds is 5.